The van der Waals surface area contributed by atoms with E-state index in [0.29, 0.717) is 12.0 Å². The highest BCUT2D eigenvalue weighted by Crippen LogP contribution is 2.24. The van der Waals surface area contributed by atoms with Crippen molar-refractivity contribution in [2.75, 3.05) is 11.9 Å². The fourth-order valence-electron chi connectivity index (χ4n) is 3.10. The molecule has 2 aromatic rings. The van der Waals surface area contributed by atoms with E-state index in [2.05, 4.69) is 45.4 Å². The Bertz CT molecular complexity index is 697. The molecule has 1 saturated heterocycles. The summed E-state index contributed by atoms with van der Waals surface area (Å²) in [7, 11) is 0. The van der Waals surface area contributed by atoms with Crippen LogP contribution in [-0.2, 0) is 11.3 Å². The zero-order valence-corrected chi connectivity index (χ0v) is 14.5. The Labute approximate surface area is 138 Å². The van der Waals surface area contributed by atoms with Gasteiger partial charge in [0.25, 0.3) is 0 Å². The van der Waals surface area contributed by atoms with Crippen molar-refractivity contribution in [1.29, 1.82) is 0 Å². The second-order valence-corrected chi connectivity index (χ2v) is 6.79. The Morgan fingerprint density at radius 1 is 1.55 bits per heavy atom. The van der Waals surface area contributed by atoms with E-state index in [-0.39, 0.29) is 11.8 Å². The lowest BCUT2D eigenvalue weighted by atomic mass is 9.92. The van der Waals surface area contributed by atoms with Crippen molar-refractivity contribution in [2.24, 2.45) is 5.92 Å². The molecule has 2 N–H and O–H groups in total. The Morgan fingerprint density at radius 2 is 2.36 bits per heavy atom. The number of hydrogen-bond acceptors (Lipinski definition) is 3. The summed E-state index contributed by atoms with van der Waals surface area (Å²) >= 11 is 3.46. The summed E-state index contributed by atoms with van der Waals surface area (Å²) in [4.78, 5) is 17.1. The van der Waals surface area contributed by atoms with Gasteiger partial charge in [0.05, 0.1) is 11.0 Å². The van der Waals surface area contributed by atoms with Crippen molar-refractivity contribution in [3.63, 3.8) is 0 Å². The number of benzene rings is 1. The predicted octanol–water partition coefficient (Wildman–Crippen LogP) is 3.15. The normalized spacial score (nSPS) is 22.0. The van der Waals surface area contributed by atoms with E-state index in [1.807, 2.05) is 22.8 Å². The standard InChI is InChI=1S/C16H21BrN4O/c1-3-21-14-5-4-12(17)9-13(14)19-16(21)20-15(22)11-6-7-18-10(2)8-11/h4-5,9-11,18H,3,6-8H2,1-2H3,(H,19,20,22)/t10-,11-/m0/s1. The van der Waals surface area contributed by atoms with E-state index >= 15 is 0 Å². The molecule has 1 aliphatic heterocycles. The first-order chi connectivity index (χ1) is 10.6. The number of halogens is 1. The third-order valence-electron chi connectivity index (χ3n) is 4.26. The van der Waals surface area contributed by atoms with Gasteiger partial charge in [0.1, 0.15) is 0 Å². The zero-order chi connectivity index (χ0) is 15.7. The van der Waals surface area contributed by atoms with Gasteiger partial charge in [0, 0.05) is 23.0 Å². The van der Waals surface area contributed by atoms with Crippen molar-refractivity contribution < 1.29 is 4.79 Å². The number of amides is 1. The van der Waals surface area contributed by atoms with Crippen molar-refractivity contribution in [3.05, 3.63) is 22.7 Å². The molecule has 22 heavy (non-hydrogen) atoms. The van der Waals surface area contributed by atoms with E-state index in [1.165, 1.54) is 0 Å². The van der Waals surface area contributed by atoms with E-state index in [4.69, 9.17) is 0 Å². The summed E-state index contributed by atoms with van der Waals surface area (Å²) < 4.78 is 3.04. The Morgan fingerprint density at radius 3 is 3.09 bits per heavy atom. The molecule has 0 unspecified atom stereocenters. The van der Waals surface area contributed by atoms with Crippen LogP contribution < -0.4 is 10.6 Å². The molecule has 2 heterocycles. The summed E-state index contributed by atoms with van der Waals surface area (Å²) in [6, 6.07) is 6.39. The molecule has 1 aliphatic rings. The van der Waals surface area contributed by atoms with Gasteiger partial charge in [-0.05, 0) is 51.4 Å². The Balaban J connectivity index is 1.85. The number of nitrogens with one attached hydrogen (secondary N) is 2. The molecule has 1 fully saturated rings. The topological polar surface area (TPSA) is 59.0 Å². The minimum absolute atomic E-state index is 0.0631. The van der Waals surface area contributed by atoms with Gasteiger partial charge < -0.3 is 9.88 Å². The first kappa shape index (κ1) is 15.5. The third kappa shape index (κ3) is 3.03. The quantitative estimate of drug-likeness (QED) is 0.879. The minimum Gasteiger partial charge on any atom is -0.314 e. The number of carbonyl (C=O) groups is 1. The number of anilines is 1. The fraction of sp³-hybridized carbons (Fsp3) is 0.500. The van der Waals surface area contributed by atoms with E-state index in [9.17, 15) is 4.79 Å². The molecular weight excluding hydrogens is 344 g/mol. The van der Waals surface area contributed by atoms with Gasteiger partial charge in [-0.15, -0.1) is 0 Å². The van der Waals surface area contributed by atoms with Gasteiger partial charge in [-0.25, -0.2) is 4.98 Å². The number of rotatable bonds is 3. The number of imidazole rings is 1. The van der Waals surface area contributed by atoms with Crippen LogP contribution in [0.2, 0.25) is 0 Å². The molecule has 0 saturated carbocycles. The lowest BCUT2D eigenvalue weighted by Gasteiger charge is -2.26. The van der Waals surface area contributed by atoms with Crippen LogP contribution in [0.1, 0.15) is 26.7 Å². The number of hydrogen-bond donors (Lipinski definition) is 2. The molecule has 1 aromatic carbocycles. The highest BCUT2D eigenvalue weighted by atomic mass is 79.9. The molecule has 0 spiro atoms. The monoisotopic (exact) mass is 364 g/mol. The van der Waals surface area contributed by atoms with Gasteiger partial charge in [0.2, 0.25) is 11.9 Å². The maximum atomic E-state index is 12.5. The average molecular weight is 365 g/mol. The molecule has 3 rings (SSSR count). The number of aromatic nitrogens is 2. The van der Waals surface area contributed by atoms with Gasteiger partial charge in [-0.3, -0.25) is 10.1 Å². The van der Waals surface area contributed by atoms with Crippen LogP contribution in [-0.4, -0.2) is 28.0 Å². The molecule has 6 heteroatoms. The maximum Gasteiger partial charge on any atom is 0.229 e. The van der Waals surface area contributed by atoms with E-state index < -0.39 is 0 Å². The van der Waals surface area contributed by atoms with Crippen LogP contribution in [0.15, 0.2) is 22.7 Å². The molecular formula is C16H21BrN4O. The lowest BCUT2D eigenvalue weighted by Crippen LogP contribution is -2.40. The summed E-state index contributed by atoms with van der Waals surface area (Å²) in [5, 5.41) is 6.41. The van der Waals surface area contributed by atoms with E-state index in [1.54, 1.807) is 0 Å². The van der Waals surface area contributed by atoms with Crippen LogP contribution in [0, 0.1) is 5.92 Å². The molecule has 0 bridgehead atoms. The molecule has 1 aromatic heterocycles. The van der Waals surface area contributed by atoms with Gasteiger partial charge in [-0.2, -0.15) is 0 Å². The first-order valence-electron chi connectivity index (χ1n) is 7.78. The summed E-state index contributed by atoms with van der Waals surface area (Å²) in [5.41, 5.74) is 1.94. The summed E-state index contributed by atoms with van der Waals surface area (Å²) in [6.07, 6.45) is 1.76. The van der Waals surface area contributed by atoms with Crippen LogP contribution in [0.4, 0.5) is 5.95 Å². The number of piperidine rings is 1. The Hall–Kier alpha value is -1.40. The Kier molecular flexibility index (Phi) is 4.49. The molecule has 118 valence electrons. The first-order valence-corrected chi connectivity index (χ1v) is 8.57. The maximum absolute atomic E-state index is 12.5. The molecule has 0 radical (unpaired) electrons. The van der Waals surface area contributed by atoms with Crippen molar-refractivity contribution >= 4 is 38.8 Å². The molecule has 1 amide bonds. The average Bonchev–Trinajstić information content (AvgIpc) is 2.83. The van der Waals surface area contributed by atoms with Crippen molar-refractivity contribution in [1.82, 2.24) is 14.9 Å². The smallest absolute Gasteiger partial charge is 0.229 e. The largest absolute Gasteiger partial charge is 0.314 e. The SMILES string of the molecule is CCn1c(NC(=O)[C@H]2CCN[C@@H](C)C2)nc2cc(Br)ccc21. The second-order valence-electron chi connectivity index (χ2n) is 5.88. The van der Waals surface area contributed by atoms with Gasteiger partial charge in [-0.1, -0.05) is 15.9 Å². The van der Waals surface area contributed by atoms with Gasteiger partial charge >= 0.3 is 0 Å². The van der Waals surface area contributed by atoms with Crippen LogP contribution in [0.25, 0.3) is 11.0 Å². The summed E-state index contributed by atoms with van der Waals surface area (Å²) in [5.74, 6) is 0.789. The minimum atomic E-state index is 0.0631. The number of nitrogens with zero attached hydrogens (tertiary/aromatic N) is 2. The molecule has 2 atom stereocenters. The number of aryl methyl sites for hydroxylation is 1. The van der Waals surface area contributed by atoms with Gasteiger partial charge in [0.15, 0.2) is 0 Å². The van der Waals surface area contributed by atoms with Crippen LogP contribution in [0.3, 0.4) is 0 Å². The van der Waals surface area contributed by atoms with Crippen LogP contribution >= 0.6 is 15.9 Å². The second kappa shape index (κ2) is 6.38. The fourth-order valence-corrected chi connectivity index (χ4v) is 3.45. The number of fused-ring (bicyclic) bond motifs is 1. The molecule has 0 aliphatic carbocycles. The highest BCUT2D eigenvalue weighted by Gasteiger charge is 2.25. The van der Waals surface area contributed by atoms with Crippen molar-refractivity contribution in [3.8, 4) is 0 Å². The van der Waals surface area contributed by atoms with E-state index in [0.717, 1.165) is 41.4 Å². The zero-order valence-electron chi connectivity index (χ0n) is 12.9. The summed E-state index contributed by atoms with van der Waals surface area (Å²) in [6.45, 7) is 5.86. The predicted molar refractivity (Wildman–Crippen MR) is 91.9 cm³/mol. The third-order valence-corrected chi connectivity index (χ3v) is 4.75. The van der Waals surface area contributed by atoms with Crippen LogP contribution in [0.5, 0.6) is 0 Å². The molecule has 5 nitrogen and oxygen atoms in total. The van der Waals surface area contributed by atoms with Crippen molar-refractivity contribution in [2.45, 2.75) is 39.3 Å². The highest BCUT2D eigenvalue weighted by molar-refractivity contribution is 9.10. The lowest BCUT2D eigenvalue weighted by molar-refractivity contribution is -0.120. The number of carbonyl (C=O) groups excluding carboxylic acids is 1.